The Kier molecular flexibility index (Phi) is 5.42. The molecule has 2 aromatic rings. The van der Waals surface area contributed by atoms with Gasteiger partial charge in [-0.1, -0.05) is 41.4 Å². The molecule has 0 aliphatic heterocycles. The first-order valence-corrected chi connectivity index (χ1v) is 7.08. The number of hydrogen-bond acceptors (Lipinski definition) is 3. The van der Waals surface area contributed by atoms with Gasteiger partial charge in [-0.2, -0.15) is 0 Å². The van der Waals surface area contributed by atoms with Crippen molar-refractivity contribution in [1.29, 1.82) is 0 Å². The summed E-state index contributed by atoms with van der Waals surface area (Å²) in [6, 6.07) is 12.4. The Balaban J connectivity index is 1.90. The quantitative estimate of drug-likeness (QED) is 0.790. The first-order valence-electron chi connectivity index (χ1n) is 6.32. The maximum Gasteiger partial charge on any atom is 0.253 e. The largest absolute Gasteiger partial charge is 0.492 e. The van der Waals surface area contributed by atoms with E-state index < -0.39 is 0 Å². The van der Waals surface area contributed by atoms with E-state index in [1.54, 1.807) is 11.9 Å². The van der Waals surface area contributed by atoms with Crippen molar-refractivity contribution in [2.45, 2.75) is 0 Å². The summed E-state index contributed by atoms with van der Waals surface area (Å²) in [6.07, 6.45) is 0. The summed E-state index contributed by atoms with van der Waals surface area (Å²) in [6.45, 7) is 0.851. The first-order chi connectivity index (χ1) is 10.1. The highest BCUT2D eigenvalue weighted by Crippen LogP contribution is 2.16. The number of halogens is 2. The molecule has 1 aromatic carbocycles. The second-order valence-electron chi connectivity index (χ2n) is 4.39. The van der Waals surface area contributed by atoms with Gasteiger partial charge in [-0.15, -0.1) is 0 Å². The molecule has 110 valence electrons. The lowest BCUT2D eigenvalue weighted by Crippen LogP contribution is -2.30. The van der Waals surface area contributed by atoms with E-state index in [4.69, 9.17) is 27.9 Å². The number of rotatable bonds is 5. The zero-order valence-electron chi connectivity index (χ0n) is 11.4. The summed E-state index contributed by atoms with van der Waals surface area (Å²) < 4.78 is 5.55. The van der Waals surface area contributed by atoms with E-state index in [0.29, 0.717) is 18.7 Å². The minimum Gasteiger partial charge on any atom is -0.492 e. The lowest BCUT2D eigenvalue weighted by Gasteiger charge is -2.17. The molecule has 1 amide bonds. The Morgan fingerprint density at radius 1 is 1.19 bits per heavy atom. The predicted octanol–water partition coefficient (Wildman–Crippen LogP) is 3.54. The number of hydrogen-bond donors (Lipinski definition) is 0. The number of carbonyl (C=O) groups is 1. The van der Waals surface area contributed by atoms with Gasteiger partial charge in [0.2, 0.25) is 0 Å². The van der Waals surface area contributed by atoms with Gasteiger partial charge in [0, 0.05) is 12.6 Å². The summed E-state index contributed by atoms with van der Waals surface area (Å²) in [4.78, 5) is 17.6. The highest BCUT2D eigenvalue weighted by molar-refractivity contribution is 6.33. The van der Waals surface area contributed by atoms with Crippen LogP contribution in [-0.2, 0) is 0 Å². The van der Waals surface area contributed by atoms with E-state index in [1.807, 2.05) is 30.3 Å². The zero-order valence-corrected chi connectivity index (χ0v) is 12.9. The summed E-state index contributed by atoms with van der Waals surface area (Å²) in [5, 5.41) is 0.388. The van der Waals surface area contributed by atoms with E-state index in [2.05, 4.69) is 4.98 Å². The maximum absolute atomic E-state index is 12.2. The molecule has 0 aliphatic carbocycles. The molecule has 0 spiro atoms. The molecule has 6 heteroatoms. The first kappa shape index (κ1) is 15.6. The van der Waals surface area contributed by atoms with Crippen molar-refractivity contribution in [1.82, 2.24) is 9.88 Å². The molecule has 1 aromatic heterocycles. The molecule has 1 heterocycles. The van der Waals surface area contributed by atoms with Crippen LogP contribution in [0.3, 0.4) is 0 Å². The van der Waals surface area contributed by atoms with Gasteiger partial charge in [-0.05, 0) is 24.3 Å². The molecular formula is C15H14Cl2N2O2. The fraction of sp³-hybridized carbons (Fsp3) is 0.200. The minimum absolute atomic E-state index is 0.183. The summed E-state index contributed by atoms with van der Waals surface area (Å²) in [5.74, 6) is 0.589. The number of carbonyl (C=O) groups excluding carboxylic acids is 1. The van der Waals surface area contributed by atoms with Crippen LogP contribution in [0.4, 0.5) is 0 Å². The average Bonchev–Trinajstić information content (AvgIpc) is 2.46. The van der Waals surface area contributed by atoms with E-state index in [9.17, 15) is 4.79 Å². The van der Waals surface area contributed by atoms with E-state index in [1.165, 1.54) is 12.1 Å². The lowest BCUT2D eigenvalue weighted by molar-refractivity contribution is 0.0773. The average molecular weight is 325 g/mol. The lowest BCUT2D eigenvalue weighted by atomic mass is 10.2. The SMILES string of the molecule is CN(CCOc1ccccc1)C(=O)c1cc(Cl)nc(Cl)c1. The van der Waals surface area contributed by atoms with Crippen molar-refractivity contribution >= 4 is 29.1 Å². The van der Waals surface area contributed by atoms with Gasteiger partial charge in [0.05, 0.1) is 6.54 Å². The van der Waals surface area contributed by atoms with Crippen LogP contribution < -0.4 is 4.74 Å². The van der Waals surface area contributed by atoms with Gasteiger partial charge in [0.1, 0.15) is 22.7 Å². The third kappa shape index (κ3) is 4.62. The normalized spacial score (nSPS) is 10.2. The van der Waals surface area contributed by atoms with E-state index in [-0.39, 0.29) is 16.2 Å². The molecule has 4 nitrogen and oxygen atoms in total. The van der Waals surface area contributed by atoms with Crippen LogP contribution in [0.2, 0.25) is 10.3 Å². The van der Waals surface area contributed by atoms with Crippen LogP contribution in [0.15, 0.2) is 42.5 Å². The van der Waals surface area contributed by atoms with Gasteiger partial charge in [-0.25, -0.2) is 4.98 Å². The van der Waals surface area contributed by atoms with Crippen LogP contribution in [0, 0.1) is 0 Å². The van der Waals surface area contributed by atoms with Crippen LogP contribution >= 0.6 is 23.2 Å². The smallest absolute Gasteiger partial charge is 0.253 e. The third-order valence-electron chi connectivity index (χ3n) is 2.80. The second kappa shape index (κ2) is 7.29. The molecule has 0 radical (unpaired) electrons. The molecular weight excluding hydrogens is 311 g/mol. The molecule has 0 N–H and O–H groups in total. The fourth-order valence-corrected chi connectivity index (χ4v) is 2.19. The number of likely N-dealkylation sites (N-methyl/N-ethyl adjacent to an activating group) is 1. The number of nitrogens with zero attached hydrogens (tertiary/aromatic N) is 2. The molecule has 0 bridgehead atoms. The molecule has 21 heavy (non-hydrogen) atoms. The monoisotopic (exact) mass is 324 g/mol. The maximum atomic E-state index is 12.2. The molecule has 0 unspecified atom stereocenters. The van der Waals surface area contributed by atoms with Crippen molar-refractivity contribution in [3.63, 3.8) is 0 Å². The number of para-hydroxylation sites is 1. The van der Waals surface area contributed by atoms with Crippen LogP contribution in [0.25, 0.3) is 0 Å². The third-order valence-corrected chi connectivity index (χ3v) is 3.18. The van der Waals surface area contributed by atoms with Gasteiger partial charge >= 0.3 is 0 Å². The van der Waals surface area contributed by atoms with E-state index >= 15 is 0 Å². The Morgan fingerprint density at radius 2 is 1.81 bits per heavy atom. The Labute approximate surface area is 133 Å². The number of benzene rings is 1. The van der Waals surface area contributed by atoms with Crippen molar-refractivity contribution in [3.8, 4) is 5.75 Å². The molecule has 2 rings (SSSR count). The van der Waals surface area contributed by atoms with Gasteiger partial charge < -0.3 is 9.64 Å². The van der Waals surface area contributed by atoms with Gasteiger partial charge in [-0.3, -0.25) is 4.79 Å². The summed E-state index contributed by atoms with van der Waals surface area (Å²) >= 11 is 11.6. The van der Waals surface area contributed by atoms with Gasteiger partial charge in [0.15, 0.2) is 0 Å². The number of pyridine rings is 1. The topological polar surface area (TPSA) is 42.4 Å². The van der Waals surface area contributed by atoms with Crippen molar-refractivity contribution in [2.75, 3.05) is 20.2 Å². The second-order valence-corrected chi connectivity index (χ2v) is 5.16. The highest BCUT2D eigenvalue weighted by Gasteiger charge is 2.13. The van der Waals surface area contributed by atoms with Crippen LogP contribution in [0.1, 0.15) is 10.4 Å². The van der Waals surface area contributed by atoms with Crippen molar-refractivity contribution in [3.05, 3.63) is 58.3 Å². The Morgan fingerprint density at radius 3 is 2.43 bits per heavy atom. The van der Waals surface area contributed by atoms with Crippen molar-refractivity contribution in [2.24, 2.45) is 0 Å². The highest BCUT2D eigenvalue weighted by atomic mass is 35.5. The molecule has 0 saturated heterocycles. The van der Waals surface area contributed by atoms with Crippen LogP contribution in [0.5, 0.6) is 5.75 Å². The van der Waals surface area contributed by atoms with Crippen LogP contribution in [-0.4, -0.2) is 36.0 Å². The fourth-order valence-electron chi connectivity index (χ4n) is 1.73. The van der Waals surface area contributed by atoms with E-state index in [0.717, 1.165) is 5.75 Å². The summed E-state index contributed by atoms with van der Waals surface area (Å²) in [5.41, 5.74) is 0.405. The molecule has 0 fully saturated rings. The number of aromatic nitrogens is 1. The standard InChI is InChI=1S/C15H14Cl2N2O2/c1-19(7-8-21-12-5-3-2-4-6-12)15(20)11-9-13(16)18-14(17)10-11/h2-6,9-10H,7-8H2,1H3. The Hall–Kier alpha value is -1.78. The molecule has 0 saturated carbocycles. The Bertz CT molecular complexity index is 600. The predicted molar refractivity (Wildman–Crippen MR) is 83.2 cm³/mol. The van der Waals surface area contributed by atoms with Gasteiger partial charge in [0.25, 0.3) is 5.91 Å². The molecule has 0 aliphatic rings. The number of ether oxygens (including phenoxy) is 1. The van der Waals surface area contributed by atoms with Crippen molar-refractivity contribution < 1.29 is 9.53 Å². The molecule has 0 atom stereocenters. The minimum atomic E-state index is -0.183. The zero-order chi connectivity index (χ0) is 15.2. The summed E-state index contributed by atoms with van der Waals surface area (Å²) in [7, 11) is 1.69. The number of amides is 1.